The van der Waals surface area contributed by atoms with Crippen LogP contribution in [0.15, 0.2) is 56.8 Å². The topological polar surface area (TPSA) is 87.7 Å². The molecule has 4 aromatic rings. The zero-order valence-corrected chi connectivity index (χ0v) is 14.0. The molecule has 2 heterocycles. The average molecular weight is 351 g/mol. The summed E-state index contributed by atoms with van der Waals surface area (Å²) in [6.07, 6.45) is 1.42. The summed E-state index contributed by atoms with van der Waals surface area (Å²) in [4.78, 5) is 16.1. The molecule has 2 aromatic heterocycles. The highest BCUT2D eigenvalue weighted by Crippen LogP contribution is 2.27. The Balaban J connectivity index is 1.71. The lowest BCUT2D eigenvalue weighted by Crippen LogP contribution is -2.00. The molecule has 4 rings (SSSR count). The monoisotopic (exact) mass is 351 g/mol. The first-order valence-electron chi connectivity index (χ1n) is 7.53. The molecule has 2 aromatic carbocycles. The zero-order chi connectivity index (χ0) is 17.4. The van der Waals surface area contributed by atoms with E-state index in [1.165, 1.54) is 23.6 Å². The molecule has 0 amide bonds. The Kier molecular flexibility index (Phi) is 3.70. The Labute approximate surface area is 146 Å². The van der Waals surface area contributed by atoms with Crippen molar-refractivity contribution in [3.63, 3.8) is 0 Å². The van der Waals surface area contributed by atoms with E-state index in [2.05, 4.69) is 15.5 Å². The molecular formula is C18H13N3O3S. The first-order chi connectivity index (χ1) is 12.1. The minimum atomic E-state index is -0.468. The van der Waals surface area contributed by atoms with Crippen LogP contribution in [0.3, 0.4) is 0 Å². The summed E-state index contributed by atoms with van der Waals surface area (Å²) in [5.74, 6) is -0.0175. The number of phenolic OH excluding ortho intramolecular Hbond substituents is 1. The van der Waals surface area contributed by atoms with Gasteiger partial charge in [0.2, 0.25) is 5.13 Å². The number of phenols is 1. The van der Waals surface area contributed by atoms with Gasteiger partial charge in [-0.25, -0.2) is 9.78 Å². The number of nitrogens with one attached hydrogen (secondary N) is 1. The third-order valence-corrected chi connectivity index (χ3v) is 4.72. The second kappa shape index (κ2) is 6.03. The number of aromatic hydroxyl groups is 1. The zero-order valence-electron chi connectivity index (χ0n) is 13.2. The van der Waals surface area contributed by atoms with E-state index in [1.807, 2.05) is 31.2 Å². The smallest absolute Gasteiger partial charge is 0.336 e. The maximum Gasteiger partial charge on any atom is 0.336 e. The Morgan fingerprint density at radius 1 is 1.28 bits per heavy atom. The van der Waals surface area contributed by atoms with E-state index < -0.39 is 5.63 Å². The summed E-state index contributed by atoms with van der Waals surface area (Å²) in [6, 6.07) is 12.5. The highest BCUT2D eigenvalue weighted by atomic mass is 32.1. The number of hydrogen-bond acceptors (Lipinski definition) is 7. The number of anilines is 1. The minimum absolute atomic E-state index is 0.0175. The summed E-state index contributed by atoms with van der Waals surface area (Å²) >= 11 is 1.47. The van der Waals surface area contributed by atoms with Crippen LogP contribution in [0.1, 0.15) is 11.1 Å². The number of hydrazone groups is 1. The second-order valence-electron chi connectivity index (χ2n) is 5.48. The van der Waals surface area contributed by atoms with Gasteiger partial charge in [0.25, 0.3) is 0 Å². The maximum atomic E-state index is 11.6. The summed E-state index contributed by atoms with van der Waals surface area (Å²) in [7, 11) is 0. The van der Waals surface area contributed by atoms with Gasteiger partial charge in [0, 0.05) is 11.5 Å². The number of rotatable bonds is 3. The molecule has 0 radical (unpaired) electrons. The standard InChI is InChI=1S/C18H13N3O3S/c1-10-8-16(23)24-17-11(10)6-7-14(22)12(17)9-19-21-18-20-13-4-2-3-5-15(13)25-18/h2-9,22H,1H3,(H,20,21)/b19-9+. The summed E-state index contributed by atoms with van der Waals surface area (Å²) in [6.45, 7) is 1.82. The fraction of sp³-hybridized carbons (Fsp3) is 0.0556. The lowest BCUT2D eigenvalue weighted by molar-refractivity contribution is 0.472. The van der Waals surface area contributed by atoms with Crippen LogP contribution in [0.2, 0.25) is 0 Å². The number of thiazole rings is 1. The summed E-state index contributed by atoms with van der Waals surface area (Å²) in [5, 5.41) is 15.6. The number of aryl methyl sites for hydroxylation is 1. The molecule has 7 heteroatoms. The molecule has 124 valence electrons. The molecule has 0 fully saturated rings. The molecule has 0 spiro atoms. The van der Waals surface area contributed by atoms with Crippen LogP contribution in [0.5, 0.6) is 5.75 Å². The third-order valence-electron chi connectivity index (χ3n) is 3.78. The summed E-state index contributed by atoms with van der Waals surface area (Å²) in [5.41, 5.74) is 4.69. The van der Waals surface area contributed by atoms with Crippen molar-refractivity contribution >= 4 is 43.9 Å². The van der Waals surface area contributed by atoms with Crippen LogP contribution in [0, 0.1) is 6.92 Å². The van der Waals surface area contributed by atoms with Crippen molar-refractivity contribution in [3.8, 4) is 5.75 Å². The molecule has 0 saturated carbocycles. The largest absolute Gasteiger partial charge is 0.507 e. The van der Waals surface area contributed by atoms with E-state index in [4.69, 9.17) is 4.42 Å². The maximum absolute atomic E-state index is 11.6. The Bertz CT molecular complexity index is 1140. The molecule has 0 bridgehead atoms. The van der Waals surface area contributed by atoms with E-state index >= 15 is 0 Å². The molecule has 25 heavy (non-hydrogen) atoms. The lowest BCUT2D eigenvalue weighted by atomic mass is 10.1. The molecule has 0 aliphatic heterocycles. The molecule has 0 unspecified atom stereocenters. The first kappa shape index (κ1) is 15.3. The van der Waals surface area contributed by atoms with Gasteiger partial charge >= 0.3 is 5.63 Å². The highest BCUT2D eigenvalue weighted by molar-refractivity contribution is 7.22. The van der Waals surface area contributed by atoms with E-state index in [-0.39, 0.29) is 5.75 Å². The van der Waals surface area contributed by atoms with Crippen molar-refractivity contribution in [2.45, 2.75) is 6.92 Å². The van der Waals surface area contributed by atoms with Gasteiger partial charge in [-0.1, -0.05) is 23.5 Å². The van der Waals surface area contributed by atoms with Crippen molar-refractivity contribution < 1.29 is 9.52 Å². The van der Waals surface area contributed by atoms with Crippen LogP contribution in [0.4, 0.5) is 5.13 Å². The van der Waals surface area contributed by atoms with Crippen LogP contribution in [-0.2, 0) is 0 Å². The van der Waals surface area contributed by atoms with E-state index in [0.717, 1.165) is 21.2 Å². The highest BCUT2D eigenvalue weighted by Gasteiger charge is 2.10. The molecule has 0 atom stereocenters. The molecule has 0 saturated heterocycles. The predicted octanol–water partition coefficient (Wildman–Crippen LogP) is 3.86. The van der Waals surface area contributed by atoms with Crippen molar-refractivity contribution in [3.05, 3.63) is 64.0 Å². The van der Waals surface area contributed by atoms with Crippen LogP contribution >= 0.6 is 11.3 Å². The fourth-order valence-corrected chi connectivity index (χ4v) is 3.41. The fourth-order valence-electron chi connectivity index (χ4n) is 2.59. The lowest BCUT2D eigenvalue weighted by Gasteiger charge is -2.05. The number of aromatic nitrogens is 1. The van der Waals surface area contributed by atoms with Crippen molar-refractivity contribution in [1.29, 1.82) is 0 Å². The van der Waals surface area contributed by atoms with Gasteiger partial charge in [0.05, 0.1) is 22.0 Å². The van der Waals surface area contributed by atoms with E-state index in [9.17, 15) is 9.90 Å². The van der Waals surface area contributed by atoms with Crippen molar-refractivity contribution in [1.82, 2.24) is 4.98 Å². The normalized spacial score (nSPS) is 11.6. The molecule has 0 aliphatic carbocycles. The molecular weight excluding hydrogens is 338 g/mol. The number of hydrogen-bond donors (Lipinski definition) is 2. The van der Waals surface area contributed by atoms with Crippen LogP contribution < -0.4 is 11.1 Å². The quantitative estimate of drug-likeness (QED) is 0.332. The predicted molar refractivity (Wildman–Crippen MR) is 99.7 cm³/mol. The average Bonchev–Trinajstić information content (AvgIpc) is 2.99. The third kappa shape index (κ3) is 2.85. The van der Waals surface area contributed by atoms with Gasteiger partial charge in [-0.3, -0.25) is 5.43 Å². The van der Waals surface area contributed by atoms with Crippen molar-refractivity contribution in [2.24, 2.45) is 5.10 Å². The molecule has 2 N–H and O–H groups in total. The van der Waals surface area contributed by atoms with Gasteiger partial charge in [0.1, 0.15) is 5.75 Å². The first-order valence-corrected chi connectivity index (χ1v) is 8.34. The Hall–Kier alpha value is -3.19. The van der Waals surface area contributed by atoms with Gasteiger partial charge in [-0.15, -0.1) is 0 Å². The Morgan fingerprint density at radius 3 is 2.96 bits per heavy atom. The van der Waals surface area contributed by atoms with Crippen LogP contribution in [-0.4, -0.2) is 16.3 Å². The SMILES string of the molecule is Cc1cc(=O)oc2c(/C=N/Nc3nc4ccccc4s3)c(O)ccc12. The molecule has 0 aliphatic rings. The van der Waals surface area contributed by atoms with Gasteiger partial charge in [0.15, 0.2) is 5.58 Å². The van der Waals surface area contributed by atoms with E-state index in [1.54, 1.807) is 12.1 Å². The molecule has 6 nitrogen and oxygen atoms in total. The summed E-state index contributed by atoms with van der Waals surface area (Å²) < 4.78 is 6.31. The van der Waals surface area contributed by atoms with Crippen LogP contribution in [0.25, 0.3) is 21.2 Å². The second-order valence-corrected chi connectivity index (χ2v) is 6.51. The van der Waals surface area contributed by atoms with Crippen molar-refractivity contribution in [2.75, 3.05) is 5.43 Å². The van der Waals surface area contributed by atoms with E-state index in [0.29, 0.717) is 16.3 Å². The number of nitrogens with zero attached hydrogens (tertiary/aromatic N) is 2. The van der Waals surface area contributed by atoms with Gasteiger partial charge in [-0.2, -0.15) is 5.10 Å². The number of para-hydroxylation sites is 1. The Morgan fingerprint density at radius 2 is 2.12 bits per heavy atom. The number of fused-ring (bicyclic) bond motifs is 2. The number of benzene rings is 2. The van der Waals surface area contributed by atoms with Gasteiger partial charge in [-0.05, 0) is 36.8 Å². The minimum Gasteiger partial charge on any atom is -0.507 e. The van der Waals surface area contributed by atoms with Gasteiger partial charge < -0.3 is 9.52 Å².